The average molecular weight is 232 g/mol. The molecule has 0 fully saturated rings. The molecule has 0 N–H and O–H groups in total. The third kappa shape index (κ3) is 1.82. The fourth-order valence-corrected chi connectivity index (χ4v) is 3.76. The van der Waals surface area contributed by atoms with Crippen LogP contribution in [0.2, 0.25) is 0 Å². The Morgan fingerprint density at radius 3 is 2.72 bits per heavy atom. The zero-order valence-electron chi connectivity index (χ0n) is 11.9. The van der Waals surface area contributed by atoms with Gasteiger partial charge in [-0.05, 0) is 0 Å². The van der Waals surface area contributed by atoms with E-state index >= 15 is 0 Å². The van der Waals surface area contributed by atoms with Crippen molar-refractivity contribution in [1.82, 2.24) is 0 Å². The summed E-state index contributed by atoms with van der Waals surface area (Å²) in [6.45, 7) is 4.71. The van der Waals surface area contributed by atoms with E-state index in [0.717, 1.165) is 5.92 Å². The molecule has 0 spiro atoms. The number of hydrogen-bond acceptors (Lipinski definition) is 0. The maximum atomic E-state index is 2.52. The van der Waals surface area contributed by atoms with E-state index in [-0.39, 0.29) is 4.09 Å². The van der Waals surface area contributed by atoms with Crippen molar-refractivity contribution in [2.75, 3.05) is 0 Å². The first-order chi connectivity index (χ1) is 8.65. The summed E-state index contributed by atoms with van der Waals surface area (Å²) in [5, 5.41) is 0. The van der Waals surface area contributed by atoms with E-state index in [2.05, 4.69) is 55.8 Å². The molecule has 1 aromatic carbocycles. The van der Waals surface area contributed by atoms with Crippen molar-refractivity contribution >= 4 is 23.8 Å². The van der Waals surface area contributed by atoms with Crippen LogP contribution in [-0.4, -0.2) is 17.7 Å². The molecule has 0 aromatic heterocycles. The van der Waals surface area contributed by atoms with Crippen LogP contribution >= 0.6 is 0 Å². The Morgan fingerprint density at radius 2 is 2.00 bits per heavy atom. The van der Waals surface area contributed by atoms with Crippen LogP contribution < -0.4 is 0 Å². The molecule has 1 heteroatoms. The molecule has 90 valence electrons. The number of hydrogen-bond donors (Lipinski definition) is 0. The van der Waals surface area contributed by atoms with Gasteiger partial charge in [0.2, 0.25) is 0 Å². The van der Waals surface area contributed by atoms with Crippen LogP contribution in [0.1, 0.15) is 55.4 Å². The summed E-state index contributed by atoms with van der Waals surface area (Å²) in [5.41, 5.74) is 6.29. The van der Waals surface area contributed by atoms with Crippen LogP contribution in [0.15, 0.2) is 18.2 Å². The Kier molecular flexibility index (Phi) is 3.21. The fourth-order valence-electron chi connectivity index (χ4n) is 3.76. The summed E-state index contributed by atoms with van der Waals surface area (Å²) < 4.78 is 0.267. The molecular formula is C17H21Li. The van der Waals surface area contributed by atoms with E-state index in [9.17, 15) is 0 Å². The predicted molar refractivity (Wildman–Crippen MR) is 79.0 cm³/mol. The summed E-state index contributed by atoms with van der Waals surface area (Å²) in [6, 6.07) is 4.97. The molecule has 0 saturated carbocycles. The van der Waals surface area contributed by atoms with E-state index in [1.54, 1.807) is 16.7 Å². The van der Waals surface area contributed by atoms with Gasteiger partial charge in [-0.1, -0.05) is 0 Å². The van der Waals surface area contributed by atoms with Crippen molar-refractivity contribution in [3.05, 3.63) is 40.5 Å². The van der Waals surface area contributed by atoms with Gasteiger partial charge in [0.05, 0.1) is 0 Å². The standard InChI is InChI=1S/C17H21.Li/c1-3-5-12(2)16-9-8-15-10-13-6-4-7-14(13)11-17(15)16;/h8-12H,3-7H2,1-2H3;. The zero-order valence-corrected chi connectivity index (χ0v) is 11.9. The van der Waals surface area contributed by atoms with Gasteiger partial charge >= 0.3 is 120 Å². The number of rotatable bonds is 3. The van der Waals surface area contributed by atoms with Gasteiger partial charge in [0.15, 0.2) is 0 Å². The average Bonchev–Trinajstić information content (AvgIpc) is 2.93. The first-order valence-electron chi connectivity index (χ1n) is 7.50. The topological polar surface area (TPSA) is 0 Å². The van der Waals surface area contributed by atoms with E-state index in [1.807, 2.05) is 0 Å². The van der Waals surface area contributed by atoms with Gasteiger partial charge in [-0.15, -0.1) is 0 Å². The maximum absolute atomic E-state index is 2.52. The normalized spacial score (nSPS) is 26.2. The Morgan fingerprint density at radius 1 is 1.28 bits per heavy atom. The van der Waals surface area contributed by atoms with Crippen molar-refractivity contribution in [2.45, 2.75) is 50.0 Å². The van der Waals surface area contributed by atoms with Crippen molar-refractivity contribution in [1.29, 1.82) is 0 Å². The second-order valence-electron chi connectivity index (χ2n) is 6.37. The van der Waals surface area contributed by atoms with Gasteiger partial charge in [0.25, 0.3) is 0 Å². The van der Waals surface area contributed by atoms with Crippen LogP contribution in [0, 0.1) is 5.92 Å². The molecule has 2 unspecified atom stereocenters. The minimum atomic E-state index is 0.267. The molecule has 0 amide bonds. The van der Waals surface area contributed by atoms with Gasteiger partial charge in [-0.2, -0.15) is 0 Å². The van der Waals surface area contributed by atoms with Crippen molar-refractivity contribution in [2.24, 2.45) is 5.92 Å². The number of aryl methyl sites for hydroxylation is 2. The van der Waals surface area contributed by atoms with Gasteiger partial charge in [-0.25, -0.2) is 0 Å². The van der Waals surface area contributed by atoms with Gasteiger partial charge in [-0.3, -0.25) is 0 Å². The van der Waals surface area contributed by atoms with Crippen LogP contribution in [0.4, 0.5) is 0 Å². The van der Waals surface area contributed by atoms with E-state index in [0.29, 0.717) is 0 Å². The quantitative estimate of drug-likeness (QED) is 0.691. The number of allylic oxidation sites excluding steroid dienone is 1. The Hall–Kier alpha value is -0.443. The molecule has 0 nitrogen and oxygen atoms in total. The monoisotopic (exact) mass is 232 g/mol. The van der Waals surface area contributed by atoms with Gasteiger partial charge in [0, 0.05) is 0 Å². The zero-order chi connectivity index (χ0) is 12.8. The third-order valence-electron chi connectivity index (χ3n) is 5.20. The molecular weight excluding hydrogens is 211 g/mol. The van der Waals surface area contributed by atoms with Crippen LogP contribution in [0.5, 0.6) is 0 Å². The number of fused-ring (bicyclic) bond motifs is 2. The minimum absolute atomic E-state index is 0.267. The SMILES string of the molecule is [Li][C]1(C(C)CCC)C=Cc2cc3c(cc21)CCC3. The molecule has 0 aliphatic heterocycles. The van der Waals surface area contributed by atoms with Crippen LogP contribution in [-0.2, 0) is 16.9 Å². The van der Waals surface area contributed by atoms with Crippen LogP contribution in [0.3, 0.4) is 0 Å². The van der Waals surface area contributed by atoms with E-state index in [1.165, 1.54) is 37.7 Å². The number of benzene rings is 1. The molecule has 0 heterocycles. The third-order valence-corrected chi connectivity index (χ3v) is 5.20. The molecule has 1 aromatic rings. The molecule has 0 radical (unpaired) electrons. The van der Waals surface area contributed by atoms with Crippen molar-refractivity contribution in [3.8, 4) is 0 Å². The second kappa shape index (κ2) is 4.59. The van der Waals surface area contributed by atoms with Crippen LogP contribution in [0.25, 0.3) is 6.08 Å². The first kappa shape index (κ1) is 12.6. The predicted octanol–water partition coefficient (Wildman–Crippen LogP) is 4.00. The Bertz CT molecular complexity index is 501. The summed E-state index contributed by atoms with van der Waals surface area (Å²) in [4.78, 5) is 0. The molecule has 0 saturated heterocycles. The van der Waals surface area contributed by atoms with Gasteiger partial charge < -0.3 is 0 Å². The van der Waals surface area contributed by atoms with E-state index < -0.39 is 0 Å². The molecule has 2 aliphatic carbocycles. The molecule has 18 heavy (non-hydrogen) atoms. The molecule has 2 atom stereocenters. The first-order valence-corrected chi connectivity index (χ1v) is 7.50. The Labute approximate surface area is 120 Å². The van der Waals surface area contributed by atoms with Crippen molar-refractivity contribution in [3.63, 3.8) is 0 Å². The summed E-state index contributed by atoms with van der Waals surface area (Å²) in [7, 11) is 0. The van der Waals surface area contributed by atoms with Crippen molar-refractivity contribution < 1.29 is 0 Å². The molecule has 0 bridgehead atoms. The van der Waals surface area contributed by atoms with Gasteiger partial charge in [0.1, 0.15) is 0 Å². The second-order valence-corrected chi connectivity index (χ2v) is 6.37. The fraction of sp³-hybridized carbons (Fsp3) is 0.529. The summed E-state index contributed by atoms with van der Waals surface area (Å²) in [6.07, 6.45) is 11.3. The summed E-state index contributed by atoms with van der Waals surface area (Å²) in [5.74, 6) is 0.736. The Balaban J connectivity index is 2.03. The molecule has 2 aliphatic rings. The van der Waals surface area contributed by atoms with E-state index in [4.69, 9.17) is 0 Å². The summed E-state index contributed by atoms with van der Waals surface area (Å²) >= 11 is 2.43. The molecule has 3 rings (SSSR count).